The van der Waals surface area contributed by atoms with E-state index >= 15 is 0 Å². The van der Waals surface area contributed by atoms with Crippen LogP contribution in [0, 0.1) is 18.3 Å². The fraction of sp³-hybridized carbons (Fsp3) is 0.208. The lowest BCUT2D eigenvalue weighted by Gasteiger charge is -2.27. The summed E-state index contributed by atoms with van der Waals surface area (Å²) >= 11 is 0. The molecule has 3 heterocycles. The van der Waals surface area contributed by atoms with E-state index in [1.165, 1.54) is 4.68 Å². The van der Waals surface area contributed by atoms with E-state index in [2.05, 4.69) is 49.9 Å². The molecule has 2 N–H and O–H groups in total. The Hall–Kier alpha value is -4.45. The highest BCUT2D eigenvalue weighted by Gasteiger charge is 2.28. The maximum Gasteiger partial charge on any atom is 0.239 e. The number of benzene rings is 2. The van der Waals surface area contributed by atoms with Gasteiger partial charge in [-0.1, -0.05) is 13.0 Å². The predicted molar refractivity (Wildman–Crippen MR) is 123 cm³/mol. The smallest absolute Gasteiger partial charge is 0.239 e. The van der Waals surface area contributed by atoms with Crippen LogP contribution in [0.5, 0.6) is 0 Å². The number of aromatic nitrogens is 5. The van der Waals surface area contributed by atoms with Crippen molar-refractivity contribution in [3.63, 3.8) is 0 Å². The number of nitrogens with zero attached hydrogens (tertiary/aromatic N) is 7. The summed E-state index contributed by atoms with van der Waals surface area (Å²) in [6, 6.07) is 16.0. The molecular formula is C24H22N8O. The third kappa shape index (κ3) is 3.61. The third-order valence-corrected chi connectivity index (χ3v) is 5.85. The fourth-order valence-electron chi connectivity index (χ4n) is 4.28. The van der Waals surface area contributed by atoms with Gasteiger partial charge >= 0.3 is 0 Å². The second-order valence-corrected chi connectivity index (χ2v) is 8.21. The van der Waals surface area contributed by atoms with Crippen molar-refractivity contribution >= 4 is 17.3 Å². The molecule has 2 aromatic carbocycles. The molecule has 33 heavy (non-hydrogen) atoms. The maximum atomic E-state index is 11.3. The summed E-state index contributed by atoms with van der Waals surface area (Å²) in [6.45, 7) is 4.81. The summed E-state index contributed by atoms with van der Waals surface area (Å²) in [5, 5.41) is 22.2. The average Bonchev–Trinajstić information content (AvgIpc) is 3.40. The number of anilines is 2. The Bertz CT molecular complexity index is 1390. The molecule has 0 bridgehead atoms. The van der Waals surface area contributed by atoms with Crippen molar-refractivity contribution in [2.24, 2.45) is 5.73 Å². The first-order valence-electron chi connectivity index (χ1n) is 10.6. The number of aryl methyl sites for hydroxylation is 1. The fourth-order valence-corrected chi connectivity index (χ4v) is 4.28. The lowest BCUT2D eigenvalue weighted by molar-refractivity contribution is -0.118. The van der Waals surface area contributed by atoms with Gasteiger partial charge in [-0.15, -0.1) is 10.2 Å². The Morgan fingerprint density at radius 1 is 1.15 bits per heavy atom. The standard InChI is InChI=1S/C24H22N8O/c1-15-12-31(20-6-3-17(10-25)4-7-20)22-9-18(19-11-27-30(13-19)14-23(26)33)5-8-21(22)32-16(2)28-29-24(15)32/h3-9,11,13,15H,12,14H2,1-2H3,(H2,26,33)/t15-/m1/s1. The summed E-state index contributed by atoms with van der Waals surface area (Å²) in [5.41, 5.74) is 10.7. The van der Waals surface area contributed by atoms with Crippen molar-refractivity contribution in [2.75, 3.05) is 11.4 Å². The van der Waals surface area contributed by atoms with Gasteiger partial charge in [0.05, 0.1) is 29.2 Å². The van der Waals surface area contributed by atoms with Crippen molar-refractivity contribution in [3.8, 4) is 22.9 Å². The maximum absolute atomic E-state index is 11.3. The summed E-state index contributed by atoms with van der Waals surface area (Å²) in [5.74, 6) is 1.41. The Morgan fingerprint density at radius 2 is 1.94 bits per heavy atom. The van der Waals surface area contributed by atoms with Crippen LogP contribution < -0.4 is 10.6 Å². The number of amides is 1. The summed E-state index contributed by atoms with van der Waals surface area (Å²) in [7, 11) is 0. The van der Waals surface area contributed by atoms with Crippen molar-refractivity contribution in [2.45, 2.75) is 26.3 Å². The van der Waals surface area contributed by atoms with Gasteiger partial charge in [-0.2, -0.15) is 10.4 Å². The van der Waals surface area contributed by atoms with E-state index in [0.717, 1.165) is 39.8 Å². The van der Waals surface area contributed by atoms with Gasteiger partial charge in [0.25, 0.3) is 0 Å². The van der Waals surface area contributed by atoms with E-state index in [9.17, 15) is 10.1 Å². The Kier molecular flexibility index (Phi) is 4.90. The second-order valence-electron chi connectivity index (χ2n) is 8.21. The Morgan fingerprint density at radius 3 is 2.67 bits per heavy atom. The van der Waals surface area contributed by atoms with Crippen LogP contribution in [-0.2, 0) is 11.3 Å². The summed E-state index contributed by atoms with van der Waals surface area (Å²) in [4.78, 5) is 13.5. The molecule has 1 aliphatic rings. The molecule has 0 spiro atoms. The average molecular weight is 438 g/mol. The largest absolute Gasteiger partial charge is 0.368 e. The van der Waals surface area contributed by atoms with E-state index in [0.29, 0.717) is 12.1 Å². The lowest BCUT2D eigenvalue weighted by atomic mass is 10.1. The number of hydrogen-bond acceptors (Lipinski definition) is 6. The zero-order valence-corrected chi connectivity index (χ0v) is 18.3. The SMILES string of the molecule is Cc1nnc2n1-c1ccc(-c3cnn(CC(N)=O)c3)cc1N(c1ccc(C#N)cc1)C[C@H]2C. The molecule has 9 heteroatoms. The van der Waals surface area contributed by atoms with E-state index in [4.69, 9.17) is 5.73 Å². The highest BCUT2D eigenvalue weighted by molar-refractivity contribution is 5.79. The molecule has 0 unspecified atom stereocenters. The highest BCUT2D eigenvalue weighted by Crippen LogP contribution is 2.40. The van der Waals surface area contributed by atoms with Gasteiger partial charge in [-0.25, -0.2) is 0 Å². The quantitative estimate of drug-likeness (QED) is 0.523. The Labute approximate surface area is 190 Å². The van der Waals surface area contributed by atoms with Gasteiger partial charge in [-0.05, 0) is 48.9 Å². The van der Waals surface area contributed by atoms with Gasteiger partial charge in [-0.3, -0.25) is 14.0 Å². The van der Waals surface area contributed by atoms with Gasteiger partial charge in [0.1, 0.15) is 18.2 Å². The first-order chi connectivity index (χ1) is 15.9. The molecule has 5 rings (SSSR count). The molecule has 164 valence electrons. The van der Waals surface area contributed by atoms with Crippen LogP contribution >= 0.6 is 0 Å². The molecule has 1 atom stereocenters. The predicted octanol–water partition coefficient (Wildman–Crippen LogP) is 3.05. The van der Waals surface area contributed by atoms with Crippen LogP contribution in [0.4, 0.5) is 11.4 Å². The normalized spacial score (nSPS) is 14.8. The van der Waals surface area contributed by atoms with Gasteiger partial charge in [0.2, 0.25) is 5.91 Å². The molecular weight excluding hydrogens is 416 g/mol. The van der Waals surface area contributed by atoms with Crippen LogP contribution in [0.2, 0.25) is 0 Å². The summed E-state index contributed by atoms with van der Waals surface area (Å²) < 4.78 is 3.63. The highest BCUT2D eigenvalue weighted by atomic mass is 16.1. The zero-order valence-electron chi connectivity index (χ0n) is 18.3. The van der Waals surface area contributed by atoms with E-state index in [1.54, 1.807) is 6.20 Å². The van der Waals surface area contributed by atoms with Crippen molar-refractivity contribution in [1.29, 1.82) is 5.26 Å². The van der Waals surface area contributed by atoms with Crippen molar-refractivity contribution < 1.29 is 4.79 Å². The molecule has 0 radical (unpaired) electrons. The van der Waals surface area contributed by atoms with E-state index in [1.807, 2.05) is 43.5 Å². The topological polar surface area (TPSA) is 119 Å². The lowest BCUT2D eigenvalue weighted by Crippen LogP contribution is -2.22. The van der Waals surface area contributed by atoms with E-state index in [-0.39, 0.29) is 12.5 Å². The zero-order chi connectivity index (χ0) is 23.1. The number of nitriles is 1. The minimum absolute atomic E-state index is 0.0308. The van der Waals surface area contributed by atoms with E-state index < -0.39 is 5.91 Å². The molecule has 0 aliphatic carbocycles. The van der Waals surface area contributed by atoms with Crippen molar-refractivity contribution in [3.05, 3.63) is 72.1 Å². The van der Waals surface area contributed by atoms with Gasteiger partial charge in [0, 0.05) is 29.9 Å². The molecule has 4 aromatic rings. The van der Waals surface area contributed by atoms with Crippen molar-refractivity contribution in [1.82, 2.24) is 24.5 Å². The van der Waals surface area contributed by atoms with Gasteiger partial charge in [0.15, 0.2) is 0 Å². The number of rotatable bonds is 4. The minimum Gasteiger partial charge on any atom is -0.368 e. The van der Waals surface area contributed by atoms with Crippen LogP contribution in [0.25, 0.3) is 16.8 Å². The second kappa shape index (κ2) is 7.91. The molecule has 2 aromatic heterocycles. The molecule has 9 nitrogen and oxygen atoms in total. The molecule has 1 aliphatic heterocycles. The molecule has 0 saturated carbocycles. The third-order valence-electron chi connectivity index (χ3n) is 5.85. The van der Waals surface area contributed by atoms with Gasteiger partial charge < -0.3 is 10.6 Å². The number of hydrogen-bond donors (Lipinski definition) is 1. The first kappa shape index (κ1) is 20.5. The van der Waals surface area contributed by atoms with Crippen LogP contribution in [0.15, 0.2) is 54.9 Å². The molecule has 1 amide bonds. The van der Waals surface area contributed by atoms with Crippen LogP contribution in [-0.4, -0.2) is 37.0 Å². The number of carbonyl (C=O) groups is 1. The number of carbonyl (C=O) groups excluding carboxylic acids is 1. The minimum atomic E-state index is -0.442. The Balaban J connectivity index is 1.67. The number of primary amides is 1. The summed E-state index contributed by atoms with van der Waals surface area (Å²) in [6.07, 6.45) is 3.54. The molecule has 0 saturated heterocycles. The van der Waals surface area contributed by atoms with Crippen LogP contribution in [0.3, 0.4) is 0 Å². The first-order valence-corrected chi connectivity index (χ1v) is 10.6. The number of nitrogens with two attached hydrogens (primary N) is 1. The molecule has 0 fully saturated rings. The monoisotopic (exact) mass is 438 g/mol. The van der Waals surface area contributed by atoms with Crippen LogP contribution in [0.1, 0.15) is 30.1 Å². The number of fused-ring (bicyclic) bond motifs is 3.